The van der Waals surface area contributed by atoms with E-state index in [0.717, 1.165) is 19.3 Å². The van der Waals surface area contributed by atoms with E-state index < -0.39 is 0 Å². The minimum absolute atomic E-state index is 0.130. The zero-order valence-electron chi connectivity index (χ0n) is 10.8. The number of rotatable bonds is 2. The van der Waals surface area contributed by atoms with E-state index in [9.17, 15) is 5.11 Å². The monoisotopic (exact) mass is 218 g/mol. The van der Waals surface area contributed by atoms with Crippen molar-refractivity contribution in [1.29, 1.82) is 0 Å². The van der Waals surface area contributed by atoms with Crippen LogP contribution in [0.4, 0.5) is 0 Å². The van der Waals surface area contributed by atoms with Crippen LogP contribution in [0.2, 0.25) is 0 Å². The molecule has 1 N–H and O–H groups in total. The first kappa shape index (κ1) is 11.7. The number of benzene rings is 1. The second kappa shape index (κ2) is 3.89. The van der Waals surface area contributed by atoms with Crippen molar-refractivity contribution in [3.63, 3.8) is 0 Å². The van der Waals surface area contributed by atoms with E-state index in [2.05, 4.69) is 39.8 Å². The van der Waals surface area contributed by atoms with Crippen LogP contribution >= 0.6 is 0 Å². The number of aliphatic hydroxyl groups is 1. The predicted molar refractivity (Wildman–Crippen MR) is 67.8 cm³/mol. The second-order valence-corrected chi connectivity index (χ2v) is 5.48. The molecule has 0 aromatic heterocycles. The molecule has 0 radical (unpaired) electrons. The third kappa shape index (κ3) is 1.58. The Hall–Kier alpha value is -0.820. The van der Waals surface area contributed by atoms with E-state index in [4.69, 9.17) is 0 Å². The van der Waals surface area contributed by atoms with Crippen molar-refractivity contribution in [2.75, 3.05) is 0 Å². The lowest BCUT2D eigenvalue weighted by atomic mass is 9.82. The van der Waals surface area contributed by atoms with Crippen LogP contribution in [0.3, 0.4) is 0 Å². The predicted octanol–water partition coefficient (Wildman–Crippen LogP) is 3.53. The van der Waals surface area contributed by atoms with Crippen molar-refractivity contribution in [1.82, 2.24) is 0 Å². The van der Waals surface area contributed by atoms with Crippen molar-refractivity contribution < 1.29 is 5.11 Å². The van der Waals surface area contributed by atoms with Crippen LogP contribution in [-0.2, 0) is 18.3 Å². The number of hydrogen-bond acceptors (Lipinski definition) is 1. The molecule has 0 unspecified atom stereocenters. The van der Waals surface area contributed by atoms with Gasteiger partial charge in [-0.25, -0.2) is 0 Å². The Morgan fingerprint density at radius 2 is 1.75 bits per heavy atom. The normalized spacial score (nSPS) is 22.2. The summed E-state index contributed by atoms with van der Waals surface area (Å²) in [7, 11) is 0. The summed E-state index contributed by atoms with van der Waals surface area (Å²) in [6.07, 6.45) is 2.68. The fourth-order valence-corrected chi connectivity index (χ4v) is 3.18. The quantitative estimate of drug-likeness (QED) is 0.805. The summed E-state index contributed by atoms with van der Waals surface area (Å²) in [6.45, 7) is 8.86. The largest absolute Gasteiger partial charge is 0.388 e. The average molecular weight is 218 g/mol. The van der Waals surface area contributed by atoms with Gasteiger partial charge in [-0.2, -0.15) is 0 Å². The highest BCUT2D eigenvalue weighted by Gasteiger charge is 2.38. The molecule has 1 aromatic carbocycles. The Bertz CT molecular complexity index is 404. The zero-order chi connectivity index (χ0) is 11.9. The van der Waals surface area contributed by atoms with Gasteiger partial charge >= 0.3 is 0 Å². The summed E-state index contributed by atoms with van der Waals surface area (Å²) in [5.74, 6) is 0. The molecule has 0 spiro atoms. The highest BCUT2D eigenvalue weighted by atomic mass is 16.3. The molecule has 16 heavy (non-hydrogen) atoms. The van der Waals surface area contributed by atoms with Gasteiger partial charge < -0.3 is 5.11 Å². The first-order chi connectivity index (χ1) is 7.51. The third-order valence-corrected chi connectivity index (χ3v) is 3.90. The Balaban J connectivity index is 2.69. The fourth-order valence-electron chi connectivity index (χ4n) is 3.18. The van der Waals surface area contributed by atoms with E-state index >= 15 is 0 Å². The van der Waals surface area contributed by atoms with Gasteiger partial charge in [-0.1, -0.05) is 39.8 Å². The maximum atomic E-state index is 10.2. The molecule has 0 bridgehead atoms. The van der Waals surface area contributed by atoms with E-state index in [0.29, 0.717) is 0 Å². The first-order valence-electron chi connectivity index (χ1n) is 6.34. The molecule has 1 aromatic rings. The molecular weight excluding hydrogens is 196 g/mol. The van der Waals surface area contributed by atoms with Gasteiger partial charge in [-0.15, -0.1) is 0 Å². The minimum Gasteiger partial charge on any atom is -0.388 e. The molecule has 0 heterocycles. The van der Waals surface area contributed by atoms with E-state index in [1.165, 1.54) is 22.3 Å². The van der Waals surface area contributed by atoms with Gasteiger partial charge in [0.05, 0.1) is 6.10 Å². The highest BCUT2D eigenvalue weighted by molar-refractivity contribution is 5.50. The summed E-state index contributed by atoms with van der Waals surface area (Å²) in [5, 5.41) is 10.2. The maximum Gasteiger partial charge on any atom is 0.0804 e. The Morgan fingerprint density at radius 1 is 1.19 bits per heavy atom. The van der Waals surface area contributed by atoms with E-state index in [1.807, 2.05) is 0 Å². The molecule has 0 amide bonds. The lowest BCUT2D eigenvalue weighted by molar-refractivity contribution is 0.161. The van der Waals surface area contributed by atoms with Crippen molar-refractivity contribution in [3.8, 4) is 0 Å². The number of aliphatic hydroxyl groups excluding tert-OH is 1. The summed E-state index contributed by atoms with van der Waals surface area (Å²) >= 11 is 0. The molecule has 1 aliphatic carbocycles. The Kier molecular flexibility index (Phi) is 2.83. The van der Waals surface area contributed by atoms with Crippen LogP contribution in [0.15, 0.2) is 12.1 Å². The maximum absolute atomic E-state index is 10.2. The van der Waals surface area contributed by atoms with Gasteiger partial charge in [0.25, 0.3) is 0 Å². The number of hydrogen-bond donors (Lipinski definition) is 1. The molecule has 1 aliphatic rings. The lowest BCUT2D eigenvalue weighted by Gasteiger charge is -2.22. The van der Waals surface area contributed by atoms with Gasteiger partial charge in [0.1, 0.15) is 0 Å². The van der Waals surface area contributed by atoms with Crippen molar-refractivity contribution in [2.45, 2.75) is 58.5 Å². The molecule has 2 rings (SSSR count). The second-order valence-electron chi connectivity index (χ2n) is 5.48. The Labute approximate surface area is 98.5 Å². The van der Waals surface area contributed by atoms with Crippen LogP contribution in [0.1, 0.15) is 62.5 Å². The molecule has 88 valence electrons. The lowest BCUT2D eigenvalue weighted by Crippen LogP contribution is -2.15. The van der Waals surface area contributed by atoms with Crippen molar-refractivity contribution in [3.05, 3.63) is 34.4 Å². The molecule has 1 heteroatoms. The fraction of sp³-hybridized carbons (Fsp3) is 0.600. The van der Waals surface area contributed by atoms with Crippen LogP contribution in [-0.4, -0.2) is 5.11 Å². The highest BCUT2D eigenvalue weighted by Crippen LogP contribution is 2.47. The van der Waals surface area contributed by atoms with Crippen LogP contribution in [0.5, 0.6) is 0 Å². The van der Waals surface area contributed by atoms with Gasteiger partial charge in [0.2, 0.25) is 0 Å². The Morgan fingerprint density at radius 3 is 2.31 bits per heavy atom. The SMILES string of the molecule is CCc1ccc(CC)c2c1[C@@H](O)CC2(C)C. The molecule has 0 saturated heterocycles. The summed E-state index contributed by atoms with van der Waals surface area (Å²) in [6, 6.07) is 4.44. The number of fused-ring (bicyclic) bond motifs is 1. The van der Waals surface area contributed by atoms with Gasteiger partial charge in [0, 0.05) is 0 Å². The summed E-state index contributed by atoms with van der Waals surface area (Å²) in [4.78, 5) is 0. The number of aryl methyl sites for hydroxylation is 2. The summed E-state index contributed by atoms with van der Waals surface area (Å²) < 4.78 is 0. The first-order valence-corrected chi connectivity index (χ1v) is 6.34. The van der Waals surface area contributed by atoms with E-state index in [-0.39, 0.29) is 11.5 Å². The third-order valence-electron chi connectivity index (χ3n) is 3.90. The average Bonchev–Trinajstić information content (AvgIpc) is 2.49. The van der Waals surface area contributed by atoms with Crippen molar-refractivity contribution in [2.24, 2.45) is 0 Å². The van der Waals surface area contributed by atoms with Gasteiger partial charge in [-0.3, -0.25) is 0 Å². The smallest absolute Gasteiger partial charge is 0.0804 e. The molecule has 1 atom stereocenters. The van der Waals surface area contributed by atoms with Gasteiger partial charge in [0.15, 0.2) is 0 Å². The van der Waals surface area contributed by atoms with Crippen molar-refractivity contribution >= 4 is 0 Å². The molecule has 0 fully saturated rings. The van der Waals surface area contributed by atoms with Crippen LogP contribution in [0.25, 0.3) is 0 Å². The topological polar surface area (TPSA) is 20.2 Å². The molecule has 0 saturated carbocycles. The van der Waals surface area contributed by atoms with Crippen LogP contribution in [0, 0.1) is 0 Å². The van der Waals surface area contributed by atoms with Gasteiger partial charge in [-0.05, 0) is 46.9 Å². The zero-order valence-corrected chi connectivity index (χ0v) is 10.8. The summed E-state index contributed by atoms with van der Waals surface area (Å²) in [5.41, 5.74) is 5.51. The molecular formula is C15H22O. The minimum atomic E-state index is -0.258. The standard InChI is InChI=1S/C15H22O/c1-5-10-7-8-11(6-2)14-13(10)12(16)9-15(14,3)4/h7-8,12,16H,5-6,9H2,1-4H3/t12-/m0/s1. The molecule has 0 aliphatic heterocycles. The molecule has 1 nitrogen and oxygen atoms in total. The van der Waals surface area contributed by atoms with E-state index in [1.54, 1.807) is 0 Å². The van der Waals surface area contributed by atoms with Crippen LogP contribution < -0.4 is 0 Å².